The van der Waals surface area contributed by atoms with Crippen molar-refractivity contribution >= 4 is 16.7 Å². The molecular formula is C36H34N3OPt-3. The van der Waals surface area contributed by atoms with Crippen LogP contribution in [-0.4, -0.2) is 20.4 Å². The summed E-state index contributed by atoms with van der Waals surface area (Å²) < 4.78 is 2.07. The van der Waals surface area contributed by atoms with Crippen LogP contribution in [0.15, 0.2) is 115 Å². The van der Waals surface area contributed by atoms with Gasteiger partial charge in [0, 0.05) is 26.8 Å². The Labute approximate surface area is 257 Å². The Balaban J connectivity index is 0.00000231. The molecule has 41 heavy (non-hydrogen) atoms. The first-order valence-electron chi connectivity index (χ1n) is 13.2. The Hall–Kier alpha value is -4.01. The van der Waals surface area contributed by atoms with Crippen LogP contribution < -0.4 is 0 Å². The number of allylic oxidation sites excluding steroid dienone is 4. The minimum absolute atomic E-state index is 0. The summed E-state index contributed by atoms with van der Waals surface area (Å²) in [6, 6.07) is 32.5. The van der Waals surface area contributed by atoms with Gasteiger partial charge < -0.3 is 17.9 Å². The van der Waals surface area contributed by atoms with Gasteiger partial charge >= 0.3 is 0 Å². The number of hydrogen-bond acceptors (Lipinski definition) is 2. The first-order valence-corrected chi connectivity index (χ1v) is 13.2. The fraction of sp³-hybridized carbons (Fsp3) is 0.139. The number of rotatable bonds is 8. The number of phenolic OH excluding ortho intramolecular Hbond substituents is 1. The molecule has 0 spiro atoms. The van der Waals surface area contributed by atoms with Gasteiger partial charge in [-0.2, -0.15) is 0 Å². The van der Waals surface area contributed by atoms with Crippen molar-refractivity contribution < 1.29 is 26.2 Å². The monoisotopic (exact) mass is 719 g/mol. The largest absolute Gasteiger partial charge is 0.845 e. The van der Waals surface area contributed by atoms with Crippen molar-refractivity contribution in [2.24, 2.45) is 5.92 Å². The minimum Gasteiger partial charge on any atom is -0.845 e. The van der Waals surface area contributed by atoms with Gasteiger partial charge in [0.05, 0.1) is 16.6 Å². The van der Waals surface area contributed by atoms with Gasteiger partial charge in [-0.05, 0) is 49.6 Å². The maximum atomic E-state index is 10.9. The van der Waals surface area contributed by atoms with E-state index in [2.05, 4.69) is 30.6 Å². The van der Waals surface area contributed by atoms with E-state index < -0.39 is 0 Å². The summed E-state index contributed by atoms with van der Waals surface area (Å²) in [6.45, 7) is 6.38. The summed E-state index contributed by atoms with van der Waals surface area (Å²) >= 11 is 0. The van der Waals surface area contributed by atoms with E-state index >= 15 is 0 Å². The molecule has 4 nitrogen and oxygen atoms in total. The second-order valence-electron chi connectivity index (χ2n) is 9.96. The molecule has 0 unspecified atom stereocenters. The smallest absolute Gasteiger partial charge is 0.148 e. The Bertz CT molecular complexity index is 1700. The quantitative estimate of drug-likeness (QED) is 0.0988. The maximum Gasteiger partial charge on any atom is 0.148 e. The van der Waals surface area contributed by atoms with Crippen molar-refractivity contribution in [2.75, 3.05) is 0 Å². The summed E-state index contributed by atoms with van der Waals surface area (Å²) in [6.07, 6.45) is 6.75. The molecule has 212 valence electrons. The van der Waals surface area contributed by atoms with Crippen molar-refractivity contribution in [1.29, 1.82) is 0 Å². The molecule has 0 saturated carbocycles. The van der Waals surface area contributed by atoms with E-state index in [0.717, 1.165) is 34.3 Å². The van der Waals surface area contributed by atoms with Crippen LogP contribution >= 0.6 is 0 Å². The second kappa shape index (κ2) is 14.1. The molecule has 1 N–H and O–H groups in total. The third-order valence-corrected chi connectivity index (χ3v) is 6.68. The Morgan fingerprint density at radius 1 is 0.902 bits per heavy atom. The van der Waals surface area contributed by atoms with Crippen molar-refractivity contribution in [3.63, 3.8) is 0 Å². The fourth-order valence-electron chi connectivity index (χ4n) is 4.80. The van der Waals surface area contributed by atoms with Crippen LogP contribution in [0.25, 0.3) is 44.6 Å². The van der Waals surface area contributed by atoms with Crippen LogP contribution in [0.5, 0.6) is 5.75 Å². The fourth-order valence-corrected chi connectivity index (χ4v) is 4.80. The Morgan fingerprint density at radius 2 is 1.59 bits per heavy atom. The average Bonchev–Trinajstić information content (AvgIpc) is 3.35. The van der Waals surface area contributed by atoms with Crippen LogP contribution in [0.4, 0.5) is 0 Å². The van der Waals surface area contributed by atoms with E-state index in [0.29, 0.717) is 22.9 Å². The number of aromatic hydroxyl groups is 1. The number of benzene rings is 4. The number of phenols is 1. The molecule has 0 atom stereocenters. The summed E-state index contributed by atoms with van der Waals surface area (Å²) in [5.41, 5.74) is 6.98. The summed E-state index contributed by atoms with van der Waals surface area (Å²) in [5.74, 6) is 1.36. The second-order valence-corrected chi connectivity index (χ2v) is 9.96. The number of hydrogen-bond donors (Lipinski definition) is 1. The third-order valence-electron chi connectivity index (χ3n) is 6.68. The molecule has 1 aromatic heterocycles. The van der Waals surface area contributed by atoms with Gasteiger partial charge in [0.1, 0.15) is 11.6 Å². The summed E-state index contributed by atoms with van der Waals surface area (Å²) in [5, 5.41) is 21.6. The van der Waals surface area contributed by atoms with Gasteiger partial charge in [0.2, 0.25) is 0 Å². The zero-order chi connectivity index (χ0) is 27.4. The zero-order valence-corrected chi connectivity index (χ0v) is 26.1. The summed E-state index contributed by atoms with van der Waals surface area (Å²) in [4.78, 5) is 5.06. The van der Waals surface area contributed by atoms with Crippen molar-refractivity contribution in [3.05, 3.63) is 139 Å². The van der Waals surface area contributed by atoms with Gasteiger partial charge in [-0.15, -0.1) is 41.5 Å². The molecule has 4 aromatic carbocycles. The Morgan fingerprint density at radius 3 is 2.29 bits per heavy atom. The molecule has 0 amide bonds. The van der Waals surface area contributed by atoms with Crippen LogP contribution in [0.1, 0.15) is 32.8 Å². The molecule has 0 aliphatic rings. The molecule has 0 bridgehead atoms. The predicted molar refractivity (Wildman–Crippen MR) is 169 cm³/mol. The molecule has 0 saturated heterocycles. The van der Waals surface area contributed by atoms with Gasteiger partial charge in [0.15, 0.2) is 0 Å². The van der Waals surface area contributed by atoms with Crippen LogP contribution in [0, 0.1) is 19.4 Å². The van der Waals surface area contributed by atoms with E-state index in [4.69, 9.17) is 4.98 Å². The number of imidazole rings is 1. The molecule has 5 aromatic rings. The number of para-hydroxylation sites is 3. The molecule has 5 heteroatoms. The van der Waals surface area contributed by atoms with Gasteiger partial charge in [-0.25, -0.2) is 10.7 Å². The Kier molecular flexibility index (Phi) is 10.8. The predicted octanol–water partition coefficient (Wildman–Crippen LogP) is 9.22. The van der Waals surface area contributed by atoms with Crippen LogP contribution in [-0.2, 0) is 21.1 Å². The van der Waals surface area contributed by atoms with E-state index in [9.17, 15) is 10.5 Å². The first kappa shape index (κ1) is 31.5. The molecule has 0 aliphatic carbocycles. The molecule has 0 radical (unpaired) electrons. The van der Waals surface area contributed by atoms with E-state index in [1.807, 2.05) is 91.9 Å². The maximum absolute atomic E-state index is 10.9. The van der Waals surface area contributed by atoms with Gasteiger partial charge in [0.25, 0.3) is 0 Å². The first-order chi connectivity index (χ1) is 19.0. The molecular weight excluding hydrogens is 685 g/mol. The van der Waals surface area contributed by atoms with Gasteiger partial charge in [-0.1, -0.05) is 79.6 Å². The molecule has 1 heterocycles. The average molecular weight is 720 g/mol. The molecule has 0 aliphatic heterocycles. The van der Waals surface area contributed by atoms with Crippen LogP contribution in [0.2, 0.25) is 0 Å². The topological polar surface area (TPSA) is 60.4 Å². The SMILES string of the molecule is C/C=C(\C=C/C(=[N-])c1[c-]c(-c2cccc3c2nc(-c2ccccc2O)n3-c2ccccc2)ccc1)CC(C)C.[CH3-].[Pt]. The van der Waals surface area contributed by atoms with Crippen LogP contribution in [0.3, 0.4) is 0 Å². The number of fused-ring (bicyclic) bond motifs is 1. The minimum atomic E-state index is 0. The third kappa shape index (κ3) is 6.84. The van der Waals surface area contributed by atoms with Gasteiger partial charge in [-0.3, -0.25) is 4.57 Å². The molecule has 5 rings (SSSR count). The summed E-state index contributed by atoms with van der Waals surface area (Å²) in [7, 11) is 0. The van der Waals surface area contributed by atoms with E-state index in [-0.39, 0.29) is 40.0 Å². The van der Waals surface area contributed by atoms with Crippen molar-refractivity contribution in [1.82, 2.24) is 9.55 Å². The normalized spacial score (nSPS) is 11.5. The zero-order valence-electron chi connectivity index (χ0n) is 23.8. The van der Waals surface area contributed by atoms with Crippen molar-refractivity contribution in [3.8, 4) is 34.0 Å². The van der Waals surface area contributed by atoms with E-state index in [1.165, 1.54) is 5.57 Å². The van der Waals surface area contributed by atoms with E-state index in [1.54, 1.807) is 18.2 Å². The van der Waals surface area contributed by atoms with Crippen molar-refractivity contribution in [2.45, 2.75) is 27.2 Å². The molecule has 0 fully saturated rings. The number of aromatic nitrogens is 2. The number of nitrogens with zero attached hydrogens (tertiary/aromatic N) is 3. The standard InChI is InChI=1S/C35H31N3O.CH3.Pt/c1-4-25(22-24(2)3)20-21-31(36)27-13-10-12-26(23-27)29-17-11-18-32-34(29)37-35(30-16-8-9-19-33(30)39)38(32)28-14-6-5-7-15-28;;/h4-21,24,39H,22H2,1-3H3;1H3;/q-2;-1;/b21-20-,25-4+;;.